The Balaban J connectivity index is 1.63. The summed E-state index contributed by atoms with van der Waals surface area (Å²) in [5, 5.41) is 3.14. The summed E-state index contributed by atoms with van der Waals surface area (Å²) >= 11 is 0. The van der Waals surface area contributed by atoms with Crippen molar-refractivity contribution in [1.82, 2.24) is 0 Å². The van der Waals surface area contributed by atoms with Crippen molar-refractivity contribution >= 4 is 11.6 Å². The highest BCUT2D eigenvalue weighted by atomic mass is 16.2. The summed E-state index contributed by atoms with van der Waals surface area (Å²) < 4.78 is 0. The van der Waals surface area contributed by atoms with Gasteiger partial charge in [-0.2, -0.15) is 0 Å². The molecule has 1 fully saturated rings. The molecular weight excluding hydrogens is 296 g/mol. The van der Waals surface area contributed by atoms with Crippen LogP contribution >= 0.6 is 0 Å². The number of likely N-dealkylation sites (tertiary alicyclic amines) is 1. The third kappa shape index (κ3) is 4.93. The van der Waals surface area contributed by atoms with E-state index in [1.807, 2.05) is 24.3 Å². The lowest BCUT2D eigenvalue weighted by molar-refractivity contribution is -0.890. The van der Waals surface area contributed by atoms with E-state index in [2.05, 4.69) is 35.6 Å². The number of benzene rings is 2. The fourth-order valence-corrected chi connectivity index (χ4v) is 3.44. The monoisotopic (exact) mass is 323 g/mol. The van der Waals surface area contributed by atoms with Gasteiger partial charge in [0.1, 0.15) is 0 Å². The lowest BCUT2D eigenvalue weighted by atomic mass is 10.0. The summed E-state index contributed by atoms with van der Waals surface area (Å²) in [5.74, 6) is 0.132. The van der Waals surface area contributed by atoms with E-state index >= 15 is 0 Å². The highest BCUT2D eigenvalue weighted by Crippen LogP contribution is 2.18. The molecule has 0 aromatic heterocycles. The van der Waals surface area contributed by atoms with Crippen molar-refractivity contribution in [2.24, 2.45) is 0 Å². The summed E-state index contributed by atoms with van der Waals surface area (Å²) in [5.41, 5.74) is 3.38. The first-order valence-corrected chi connectivity index (χ1v) is 9.06. The molecule has 0 saturated carbocycles. The Bertz CT molecular complexity index is 646. The van der Waals surface area contributed by atoms with Crippen LogP contribution in [-0.4, -0.2) is 25.5 Å². The van der Waals surface area contributed by atoms with Crippen LogP contribution in [0.25, 0.3) is 0 Å². The fourth-order valence-electron chi connectivity index (χ4n) is 3.44. The van der Waals surface area contributed by atoms with Crippen LogP contribution in [0.15, 0.2) is 54.6 Å². The summed E-state index contributed by atoms with van der Waals surface area (Å²) in [6, 6.07) is 18.5. The first-order valence-electron chi connectivity index (χ1n) is 9.06. The zero-order chi connectivity index (χ0) is 16.6. The third-order valence-electron chi connectivity index (χ3n) is 4.75. The molecule has 0 unspecified atom stereocenters. The average Bonchev–Trinajstić information content (AvgIpc) is 2.86. The minimum absolute atomic E-state index is 0.132. The van der Waals surface area contributed by atoms with Crippen LogP contribution in [0.1, 0.15) is 36.8 Å². The summed E-state index contributed by atoms with van der Waals surface area (Å²) in [6.07, 6.45) is 5.95. The maximum atomic E-state index is 12.5. The molecule has 3 nitrogen and oxygen atoms in total. The van der Waals surface area contributed by atoms with Crippen LogP contribution in [0.2, 0.25) is 0 Å². The second-order valence-electron chi connectivity index (χ2n) is 6.71. The van der Waals surface area contributed by atoms with Crippen molar-refractivity contribution in [3.8, 4) is 0 Å². The zero-order valence-corrected chi connectivity index (χ0v) is 14.3. The summed E-state index contributed by atoms with van der Waals surface area (Å²) in [6.45, 7) is 2.83. The molecule has 2 aromatic rings. The maximum Gasteiger partial charge on any atom is 0.279 e. The van der Waals surface area contributed by atoms with Crippen molar-refractivity contribution in [1.29, 1.82) is 0 Å². The highest BCUT2D eigenvalue weighted by molar-refractivity contribution is 5.92. The molecule has 0 spiro atoms. The predicted molar refractivity (Wildman–Crippen MR) is 98.4 cm³/mol. The van der Waals surface area contributed by atoms with E-state index in [4.69, 9.17) is 0 Å². The number of hydrogen-bond acceptors (Lipinski definition) is 1. The van der Waals surface area contributed by atoms with Gasteiger partial charge >= 0.3 is 0 Å². The molecular formula is C21H27N2O+. The second-order valence-corrected chi connectivity index (χ2v) is 6.71. The summed E-state index contributed by atoms with van der Waals surface area (Å²) in [4.78, 5) is 13.9. The van der Waals surface area contributed by atoms with Gasteiger partial charge in [-0.05, 0) is 49.3 Å². The van der Waals surface area contributed by atoms with Gasteiger partial charge in [0.25, 0.3) is 5.91 Å². The van der Waals surface area contributed by atoms with E-state index in [0.717, 1.165) is 25.2 Å². The lowest BCUT2D eigenvalue weighted by Gasteiger charge is -2.17. The standard InChI is InChI=1S/C21H26N2O/c24-21(17-23-14-8-1-2-9-15-23)22-20-13-7-6-12-19(20)16-18-10-4-3-5-11-18/h3-7,10-13H,1-2,8-9,14-17H2,(H,22,24)/p+1. The largest absolute Gasteiger partial charge is 0.327 e. The van der Waals surface area contributed by atoms with Crippen molar-refractivity contribution in [2.45, 2.75) is 32.1 Å². The molecule has 1 aliphatic rings. The van der Waals surface area contributed by atoms with E-state index in [1.165, 1.54) is 41.7 Å². The fraction of sp³-hybridized carbons (Fsp3) is 0.381. The second kappa shape index (κ2) is 8.65. The normalized spacial score (nSPS) is 15.7. The van der Waals surface area contributed by atoms with Gasteiger partial charge in [-0.15, -0.1) is 0 Å². The van der Waals surface area contributed by atoms with Crippen molar-refractivity contribution < 1.29 is 9.69 Å². The van der Waals surface area contributed by atoms with Crippen molar-refractivity contribution in [3.63, 3.8) is 0 Å². The van der Waals surface area contributed by atoms with Gasteiger partial charge in [-0.25, -0.2) is 0 Å². The Morgan fingerprint density at radius 3 is 2.29 bits per heavy atom. The number of rotatable bonds is 5. The Labute approximate surface area is 144 Å². The molecule has 2 N–H and O–H groups in total. The molecule has 24 heavy (non-hydrogen) atoms. The Morgan fingerprint density at radius 2 is 1.54 bits per heavy atom. The number of hydrogen-bond donors (Lipinski definition) is 2. The molecule has 1 aliphatic heterocycles. The number of nitrogens with one attached hydrogen (secondary N) is 2. The average molecular weight is 323 g/mol. The predicted octanol–water partition coefficient (Wildman–Crippen LogP) is 2.67. The van der Waals surface area contributed by atoms with Crippen molar-refractivity contribution in [3.05, 3.63) is 65.7 Å². The topological polar surface area (TPSA) is 33.5 Å². The number of amides is 1. The molecule has 1 saturated heterocycles. The smallest absolute Gasteiger partial charge is 0.279 e. The Hall–Kier alpha value is -2.13. The number of para-hydroxylation sites is 1. The van der Waals surface area contributed by atoms with Crippen LogP contribution in [0, 0.1) is 0 Å². The molecule has 0 bridgehead atoms. The van der Waals surface area contributed by atoms with Gasteiger partial charge in [0, 0.05) is 5.69 Å². The summed E-state index contributed by atoms with van der Waals surface area (Å²) in [7, 11) is 0. The van der Waals surface area contributed by atoms with E-state index in [-0.39, 0.29) is 5.91 Å². The van der Waals surface area contributed by atoms with Gasteiger partial charge in [-0.1, -0.05) is 48.5 Å². The molecule has 3 heteroatoms. The van der Waals surface area contributed by atoms with Gasteiger partial charge in [0.05, 0.1) is 13.1 Å². The first-order chi connectivity index (χ1) is 11.8. The zero-order valence-electron chi connectivity index (χ0n) is 14.3. The number of carbonyl (C=O) groups is 1. The van der Waals surface area contributed by atoms with Crippen LogP contribution in [0.3, 0.4) is 0 Å². The number of anilines is 1. The van der Waals surface area contributed by atoms with E-state index < -0.39 is 0 Å². The molecule has 1 amide bonds. The van der Waals surface area contributed by atoms with Gasteiger partial charge in [-0.3, -0.25) is 4.79 Å². The van der Waals surface area contributed by atoms with E-state index in [1.54, 1.807) is 0 Å². The molecule has 0 aliphatic carbocycles. The Kier molecular flexibility index (Phi) is 6.02. The number of carbonyl (C=O) groups excluding carboxylic acids is 1. The van der Waals surface area contributed by atoms with Gasteiger partial charge in [0.15, 0.2) is 6.54 Å². The highest BCUT2D eigenvalue weighted by Gasteiger charge is 2.17. The van der Waals surface area contributed by atoms with Crippen LogP contribution in [0.4, 0.5) is 5.69 Å². The molecule has 126 valence electrons. The van der Waals surface area contributed by atoms with E-state index in [9.17, 15) is 4.79 Å². The molecule has 2 aromatic carbocycles. The van der Waals surface area contributed by atoms with Gasteiger partial charge in [0.2, 0.25) is 0 Å². The minimum Gasteiger partial charge on any atom is -0.327 e. The maximum absolute atomic E-state index is 12.5. The molecule has 0 radical (unpaired) electrons. The lowest BCUT2D eigenvalue weighted by Crippen LogP contribution is -3.12. The van der Waals surface area contributed by atoms with Gasteiger partial charge < -0.3 is 10.2 Å². The van der Waals surface area contributed by atoms with Crippen molar-refractivity contribution in [2.75, 3.05) is 25.0 Å². The SMILES string of the molecule is O=C(C[NH+]1CCCCCC1)Nc1ccccc1Cc1ccccc1. The number of quaternary nitrogens is 1. The minimum atomic E-state index is 0.132. The quantitative estimate of drug-likeness (QED) is 0.871. The molecule has 0 atom stereocenters. The third-order valence-corrected chi connectivity index (χ3v) is 4.75. The first kappa shape index (κ1) is 16.7. The molecule has 3 rings (SSSR count). The van der Waals surface area contributed by atoms with Crippen LogP contribution in [0.5, 0.6) is 0 Å². The van der Waals surface area contributed by atoms with Crippen LogP contribution < -0.4 is 10.2 Å². The van der Waals surface area contributed by atoms with Crippen LogP contribution in [-0.2, 0) is 11.2 Å². The Morgan fingerprint density at radius 1 is 0.875 bits per heavy atom. The van der Waals surface area contributed by atoms with E-state index in [0.29, 0.717) is 6.54 Å². The molecule has 1 heterocycles.